The third-order valence-corrected chi connectivity index (χ3v) is 7.50. The van der Waals surface area contributed by atoms with Gasteiger partial charge in [-0.1, -0.05) is 35.2 Å². The molecular formula is C22H15FN4O2S3. The molecule has 3 heterocycles. The number of aromatic nitrogens is 3. The molecule has 32 heavy (non-hydrogen) atoms. The van der Waals surface area contributed by atoms with Gasteiger partial charge in [0.2, 0.25) is 5.91 Å². The van der Waals surface area contributed by atoms with E-state index >= 15 is 0 Å². The van der Waals surface area contributed by atoms with Crippen molar-refractivity contribution in [2.75, 3.05) is 11.1 Å². The maximum absolute atomic E-state index is 13.8. The molecule has 0 spiro atoms. The number of para-hydroxylation sites is 1. The van der Waals surface area contributed by atoms with Crippen molar-refractivity contribution in [3.8, 4) is 5.69 Å². The van der Waals surface area contributed by atoms with Crippen molar-refractivity contribution in [1.82, 2.24) is 14.5 Å². The Kier molecular flexibility index (Phi) is 5.50. The highest BCUT2D eigenvalue weighted by atomic mass is 32.2. The Labute approximate surface area is 193 Å². The number of nitrogens with zero attached hydrogens (tertiary/aromatic N) is 3. The van der Waals surface area contributed by atoms with E-state index in [0.29, 0.717) is 31.8 Å². The van der Waals surface area contributed by atoms with Crippen LogP contribution in [0.15, 0.2) is 63.9 Å². The number of thioether (sulfide) groups is 1. The third-order valence-electron chi connectivity index (χ3n) is 4.72. The predicted octanol–water partition coefficient (Wildman–Crippen LogP) is 5.24. The van der Waals surface area contributed by atoms with E-state index in [9.17, 15) is 14.0 Å². The SMILES string of the molecule is Cc1cc(-n2c(SCC(=O)Nc3nc4ccccc4s3)nc3ccsc3c2=O)ccc1F. The first-order valence-corrected chi connectivity index (χ1v) is 12.2. The molecule has 160 valence electrons. The smallest absolute Gasteiger partial charge is 0.276 e. The molecule has 3 aromatic heterocycles. The average molecular weight is 483 g/mol. The zero-order valence-electron chi connectivity index (χ0n) is 16.7. The fraction of sp³-hybridized carbons (Fsp3) is 0.0909. The Morgan fingerprint density at radius 2 is 2.00 bits per heavy atom. The molecule has 0 atom stereocenters. The summed E-state index contributed by atoms with van der Waals surface area (Å²) in [5, 5.41) is 5.49. The predicted molar refractivity (Wildman–Crippen MR) is 129 cm³/mol. The van der Waals surface area contributed by atoms with E-state index in [1.807, 2.05) is 24.3 Å². The second kappa shape index (κ2) is 8.45. The first-order valence-electron chi connectivity index (χ1n) is 9.54. The van der Waals surface area contributed by atoms with Crippen molar-refractivity contribution in [3.63, 3.8) is 0 Å². The molecule has 0 bridgehead atoms. The Bertz CT molecular complexity index is 1510. The zero-order chi connectivity index (χ0) is 22.2. The fourth-order valence-electron chi connectivity index (χ4n) is 3.20. The van der Waals surface area contributed by atoms with Crippen LogP contribution in [0.1, 0.15) is 5.56 Å². The van der Waals surface area contributed by atoms with Crippen LogP contribution in [0.3, 0.4) is 0 Å². The molecule has 0 unspecified atom stereocenters. The molecule has 0 radical (unpaired) electrons. The molecule has 10 heteroatoms. The number of benzene rings is 2. The van der Waals surface area contributed by atoms with Crippen molar-refractivity contribution in [1.29, 1.82) is 0 Å². The molecule has 6 nitrogen and oxygen atoms in total. The minimum absolute atomic E-state index is 0.0399. The lowest BCUT2D eigenvalue weighted by molar-refractivity contribution is -0.113. The number of aryl methyl sites for hydroxylation is 1. The minimum atomic E-state index is -0.351. The van der Waals surface area contributed by atoms with Crippen LogP contribution in [0.25, 0.3) is 26.1 Å². The van der Waals surface area contributed by atoms with Gasteiger partial charge in [0.25, 0.3) is 5.56 Å². The number of rotatable bonds is 5. The fourth-order valence-corrected chi connectivity index (χ4v) is 5.65. The number of thiazole rings is 1. The van der Waals surface area contributed by atoms with E-state index in [2.05, 4.69) is 15.3 Å². The first kappa shape index (κ1) is 20.8. The van der Waals surface area contributed by atoms with E-state index in [1.54, 1.807) is 24.4 Å². The number of carbonyl (C=O) groups excluding carboxylic acids is 1. The molecule has 0 saturated heterocycles. The third kappa shape index (κ3) is 3.92. The molecule has 0 saturated carbocycles. The number of amides is 1. The topological polar surface area (TPSA) is 76.9 Å². The second-order valence-electron chi connectivity index (χ2n) is 6.93. The van der Waals surface area contributed by atoms with Crippen LogP contribution in [-0.4, -0.2) is 26.2 Å². The van der Waals surface area contributed by atoms with Crippen LogP contribution < -0.4 is 10.9 Å². The van der Waals surface area contributed by atoms with E-state index < -0.39 is 0 Å². The van der Waals surface area contributed by atoms with Gasteiger partial charge < -0.3 is 5.32 Å². The molecule has 2 aromatic carbocycles. The summed E-state index contributed by atoms with van der Waals surface area (Å²) in [6, 6.07) is 13.9. The van der Waals surface area contributed by atoms with Crippen molar-refractivity contribution < 1.29 is 9.18 Å². The Hall–Kier alpha value is -3.08. The molecule has 5 rings (SSSR count). The van der Waals surface area contributed by atoms with Gasteiger partial charge in [0.05, 0.1) is 27.2 Å². The highest BCUT2D eigenvalue weighted by Crippen LogP contribution is 2.27. The highest BCUT2D eigenvalue weighted by molar-refractivity contribution is 7.99. The van der Waals surface area contributed by atoms with Crippen LogP contribution >= 0.6 is 34.4 Å². The summed E-state index contributed by atoms with van der Waals surface area (Å²) < 4.78 is 16.7. The molecular weight excluding hydrogens is 467 g/mol. The summed E-state index contributed by atoms with van der Waals surface area (Å²) in [5.41, 5.74) is 2.08. The van der Waals surface area contributed by atoms with E-state index in [1.165, 1.54) is 39.4 Å². The van der Waals surface area contributed by atoms with Gasteiger partial charge in [-0.05, 0) is 54.3 Å². The number of carbonyl (C=O) groups is 1. The number of fused-ring (bicyclic) bond motifs is 2. The van der Waals surface area contributed by atoms with Gasteiger partial charge >= 0.3 is 0 Å². The van der Waals surface area contributed by atoms with Gasteiger partial charge in [0.1, 0.15) is 10.5 Å². The van der Waals surface area contributed by atoms with E-state index in [4.69, 9.17) is 0 Å². The molecule has 0 aliphatic rings. The number of thiophene rings is 1. The molecule has 1 N–H and O–H groups in total. The second-order valence-corrected chi connectivity index (χ2v) is 9.82. The van der Waals surface area contributed by atoms with Crippen molar-refractivity contribution in [2.24, 2.45) is 0 Å². The van der Waals surface area contributed by atoms with Gasteiger partial charge in [0.15, 0.2) is 10.3 Å². The molecule has 0 aliphatic heterocycles. The van der Waals surface area contributed by atoms with Crippen LogP contribution in [0, 0.1) is 12.7 Å². The highest BCUT2D eigenvalue weighted by Gasteiger charge is 2.17. The average Bonchev–Trinajstić information content (AvgIpc) is 3.41. The molecule has 0 fully saturated rings. The van der Waals surface area contributed by atoms with Crippen molar-refractivity contribution >= 4 is 65.9 Å². The largest absolute Gasteiger partial charge is 0.301 e. The lowest BCUT2D eigenvalue weighted by atomic mass is 10.2. The summed E-state index contributed by atoms with van der Waals surface area (Å²) in [4.78, 5) is 34.7. The quantitative estimate of drug-likeness (QED) is 0.274. The Balaban J connectivity index is 1.44. The van der Waals surface area contributed by atoms with Gasteiger partial charge in [-0.2, -0.15) is 0 Å². The monoisotopic (exact) mass is 482 g/mol. The molecule has 0 aliphatic carbocycles. The Morgan fingerprint density at radius 3 is 2.81 bits per heavy atom. The van der Waals surface area contributed by atoms with Crippen LogP contribution in [0.4, 0.5) is 9.52 Å². The normalized spacial score (nSPS) is 11.3. The van der Waals surface area contributed by atoms with Crippen LogP contribution in [0.5, 0.6) is 0 Å². The molecule has 1 amide bonds. The van der Waals surface area contributed by atoms with Crippen molar-refractivity contribution in [3.05, 3.63) is 75.6 Å². The lowest BCUT2D eigenvalue weighted by Gasteiger charge is -2.12. The van der Waals surface area contributed by atoms with Gasteiger partial charge in [-0.3, -0.25) is 14.2 Å². The molecule has 5 aromatic rings. The standard InChI is InChI=1S/C22H15FN4O2S3/c1-12-10-13(6-7-14(12)23)27-20(29)19-16(8-9-30-19)25-22(27)31-11-18(28)26-21-24-15-4-2-3-5-17(15)32-21/h2-10H,11H2,1H3,(H,24,26,28). The van der Waals surface area contributed by atoms with Crippen molar-refractivity contribution in [2.45, 2.75) is 12.1 Å². The van der Waals surface area contributed by atoms with Crippen LogP contribution in [-0.2, 0) is 4.79 Å². The summed E-state index contributed by atoms with van der Waals surface area (Å²) in [6.07, 6.45) is 0. The van der Waals surface area contributed by atoms with Gasteiger partial charge in [0, 0.05) is 0 Å². The van der Waals surface area contributed by atoms with Gasteiger partial charge in [-0.15, -0.1) is 11.3 Å². The zero-order valence-corrected chi connectivity index (χ0v) is 19.1. The van der Waals surface area contributed by atoms with Crippen LogP contribution in [0.2, 0.25) is 0 Å². The van der Waals surface area contributed by atoms with E-state index in [-0.39, 0.29) is 23.0 Å². The van der Waals surface area contributed by atoms with Gasteiger partial charge in [-0.25, -0.2) is 14.4 Å². The number of hydrogen-bond acceptors (Lipinski definition) is 7. The number of hydrogen-bond donors (Lipinski definition) is 1. The first-order chi connectivity index (χ1) is 15.5. The Morgan fingerprint density at radius 1 is 1.16 bits per heavy atom. The summed E-state index contributed by atoms with van der Waals surface area (Å²) in [6.45, 7) is 1.64. The summed E-state index contributed by atoms with van der Waals surface area (Å²) in [5.74, 6) is -0.565. The summed E-state index contributed by atoms with van der Waals surface area (Å²) in [7, 11) is 0. The number of halogens is 1. The lowest BCUT2D eigenvalue weighted by Crippen LogP contribution is -2.22. The minimum Gasteiger partial charge on any atom is -0.301 e. The van der Waals surface area contributed by atoms with E-state index in [0.717, 1.165) is 22.0 Å². The number of anilines is 1. The number of nitrogens with one attached hydrogen (secondary N) is 1. The summed E-state index contributed by atoms with van der Waals surface area (Å²) >= 11 is 3.85. The maximum Gasteiger partial charge on any atom is 0.276 e. The maximum atomic E-state index is 13.8.